The second-order valence-electron chi connectivity index (χ2n) is 6.28. The second kappa shape index (κ2) is 8.58. The molecule has 0 atom stereocenters. The van der Waals surface area contributed by atoms with Crippen molar-refractivity contribution in [3.05, 3.63) is 76.7 Å². The molecule has 10 heteroatoms. The van der Waals surface area contributed by atoms with Gasteiger partial charge in [-0.25, -0.2) is 14.2 Å². The van der Waals surface area contributed by atoms with Crippen LogP contribution in [-0.4, -0.2) is 11.0 Å². The van der Waals surface area contributed by atoms with E-state index >= 15 is 0 Å². The third-order valence-corrected chi connectivity index (χ3v) is 4.46. The summed E-state index contributed by atoms with van der Waals surface area (Å²) in [4.78, 5) is 15.8. The zero-order valence-corrected chi connectivity index (χ0v) is 16.0. The second-order valence-corrected chi connectivity index (χ2v) is 6.69. The summed E-state index contributed by atoms with van der Waals surface area (Å²) in [7, 11) is 0. The Kier molecular flexibility index (Phi) is 6.12. The molecule has 3 rings (SSSR count). The van der Waals surface area contributed by atoms with Gasteiger partial charge in [-0.05, 0) is 35.4 Å². The highest BCUT2D eigenvalue weighted by atomic mass is 35.5. The predicted octanol–water partition coefficient (Wildman–Crippen LogP) is 5.46. The lowest BCUT2D eigenvalue weighted by Gasteiger charge is -2.12. The number of nitrogens with zero attached hydrogens (tertiary/aromatic N) is 1. The number of carbonyl (C=O) groups excluding carboxylic acids is 1. The van der Waals surface area contributed by atoms with E-state index in [1.54, 1.807) is 24.3 Å². The van der Waals surface area contributed by atoms with Gasteiger partial charge in [-0.2, -0.15) is 13.2 Å². The fourth-order valence-corrected chi connectivity index (χ4v) is 2.89. The first-order valence-corrected chi connectivity index (χ1v) is 8.93. The minimum absolute atomic E-state index is 0.0475. The molecule has 0 unspecified atom stereocenters. The van der Waals surface area contributed by atoms with E-state index in [0.717, 1.165) is 18.3 Å². The van der Waals surface area contributed by atoms with Crippen molar-refractivity contribution in [3.63, 3.8) is 0 Å². The topological polar surface area (TPSA) is 80.0 Å². The van der Waals surface area contributed by atoms with Crippen LogP contribution in [0.5, 0.6) is 0 Å². The van der Waals surface area contributed by atoms with E-state index in [4.69, 9.17) is 17.3 Å². The molecule has 0 spiro atoms. The van der Waals surface area contributed by atoms with Crippen LogP contribution in [0.4, 0.5) is 33.9 Å². The molecule has 30 heavy (non-hydrogen) atoms. The number of benzene rings is 2. The van der Waals surface area contributed by atoms with Crippen molar-refractivity contribution in [2.24, 2.45) is 0 Å². The number of hydrogen-bond acceptors (Lipinski definition) is 3. The zero-order valence-electron chi connectivity index (χ0n) is 15.2. The van der Waals surface area contributed by atoms with Gasteiger partial charge in [0.15, 0.2) is 0 Å². The molecule has 0 saturated carbocycles. The Balaban J connectivity index is 1.62. The Morgan fingerprint density at radius 2 is 1.80 bits per heavy atom. The van der Waals surface area contributed by atoms with Gasteiger partial charge in [0.2, 0.25) is 0 Å². The average molecular weight is 439 g/mol. The third-order valence-electron chi connectivity index (χ3n) is 4.13. The highest BCUT2D eigenvalue weighted by Gasteiger charge is 2.33. The number of urea groups is 1. The quantitative estimate of drug-likeness (QED) is 0.473. The summed E-state index contributed by atoms with van der Waals surface area (Å²) in [5.74, 6) is -0.333. The van der Waals surface area contributed by atoms with Gasteiger partial charge in [0.25, 0.3) is 0 Å². The number of nitrogen functional groups attached to an aromatic ring is 1. The van der Waals surface area contributed by atoms with Crippen LogP contribution in [0, 0.1) is 5.82 Å². The number of aromatic nitrogens is 1. The summed E-state index contributed by atoms with van der Waals surface area (Å²) in [6.07, 6.45) is -3.61. The molecule has 0 aliphatic carbocycles. The lowest BCUT2D eigenvalue weighted by atomic mass is 10.0. The number of halogens is 5. The number of nitrogens with two attached hydrogens (primary N) is 1. The zero-order chi connectivity index (χ0) is 21.9. The molecule has 0 aliphatic rings. The molecule has 0 aliphatic heterocycles. The van der Waals surface area contributed by atoms with Crippen LogP contribution < -0.4 is 16.4 Å². The lowest BCUT2D eigenvalue weighted by molar-refractivity contribution is -0.137. The van der Waals surface area contributed by atoms with Gasteiger partial charge >= 0.3 is 12.2 Å². The maximum Gasteiger partial charge on any atom is 0.417 e. The normalized spacial score (nSPS) is 11.2. The first-order valence-electron chi connectivity index (χ1n) is 8.55. The minimum atomic E-state index is -4.63. The molecule has 1 heterocycles. The Bertz CT molecular complexity index is 1070. The molecule has 4 N–H and O–H groups in total. The third kappa shape index (κ3) is 5.18. The van der Waals surface area contributed by atoms with E-state index in [1.807, 2.05) is 0 Å². The van der Waals surface area contributed by atoms with E-state index in [2.05, 4.69) is 15.6 Å². The number of anilines is 2. The van der Waals surface area contributed by atoms with Gasteiger partial charge < -0.3 is 16.4 Å². The van der Waals surface area contributed by atoms with Crippen LogP contribution in [0.25, 0.3) is 11.1 Å². The summed E-state index contributed by atoms with van der Waals surface area (Å²) in [5, 5.41) is 4.41. The number of alkyl halides is 3. The highest BCUT2D eigenvalue weighted by molar-refractivity contribution is 6.31. The Hall–Kier alpha value is -3.33. The van der Waals surface area contributed by atoms with Crippen molar-refractivity contribution >= 4 is 29.1 Å². The minimum Gasteiger partial charge on any atom is -0.383 e. The van der Waals surface area contributed by atoms with Crippen LogP contribution in [0.2, 0.25) is 5.02 Å². The predicted molar refractivity (Wildman–Crippen MR) is 106 cm³/mol. The standard InChI is InChI=1S/C20H15ClF4N4O/c21-17-6-5-14(8-16(17)20(23,24)25)29-19(30)28-9-11-1-3-12(4-2-11)15-7-13(22)10-27-18(15)26/h1-8,10H,9H2,(H2,26,27)(H2,28,29,30). The highest BCUT2D eigenvalue weighted by Crippen LogP contribution is 2.36. The van der Waals surface area contributed by atoms with Crippen LogP contribution in [0.3, 0.4) is 0 Å². The molecule has 1 aromatic heterocycles. The van der Waals surface area contributed by atoms with Crippen LogP contribution in [0.1, 0.15) is 11.1 Å². The first kappa shape index (κ1) is 21.4. The number of amides is 2. The first-order chi connectivity index (χ1) is 14.1. The summed E-state index contributed by atoms with van der Waals surface area (Å²) in [6, 6.07) is 10.4. The van der Waals surface area contributed by atoms with Crippen molar-refractivity contribution in [1.29, 1.82) is 0 Å². The summed E-state index contributed by atoms with van der Waals surface area (Å²) < 4.78 is 52.0. The SMILES string of the molecule is Nc1ncc(F)cc1-c1ccc(CNC(=O)Nc2ccc(Cl)c(C(F)(F)F)c2)cc1. The van der Waals surface area contributed by atoms with Crippen molar-refractivity contribution in [1.82, 2.24) is 10.3 Å². The molecule has 2 aromatic carbocycles. The van der Waals surface area contributed by atoms with E-state index in [-0.39, 0.29) is 18.1 Å². The van der Waals surface area contributed by atoms with Crippen molar-refractivity contribution in [2.45, 2.75) is 12.7 Å². The summed E-state index contributed by atoms with van der Waals surface area (Å²) >= 11 is 5.55. The molecule has 2 amide bonds. The van der Waals surface area contributed by atoms with Gasteiger partial charge in [-0.1, -0.05) is 35.9 Å². The fraction of sp³-hybridized carbons (Fsp3) is 0.100. The Morgan fingerprint density at radius 3 is 2.47 bits per heavy atom. The van der Waals surface area contributed by atoms with E-state index < -0.39 is 28.6 Å². The molecule has 3 aromatic rings. The maximum atomic E-state index is 13.4. The lowest BCUT2D eigenvalue weighted by Crippen LogP contribution is -2.28. The van der Waals surface area contributed by atoms with Crippen molar-refractivity contribution in [2.75, 3.05) is 11.1 Å². The number of nitrogens with one attached hydrogen (secondary N) is 2. The van der Waals surface area contributed by atoms with Crippen molar-refractivity contribution in [3.8, 4) is 11.1 Å². The van der Waals surface area contributed by atoms with Crippen LogP contribution >= 0.6 is 11.6 Å². The molecule has 0 bridgehead atoms. The largest absolute Gasteiger partial charge is 0.417 e. The number of carbonyl (C=O) groups is 1. The average Bonchev–Trinajstić information content (AvgIpc) is 2.69. The van der Waals surface area contributed by atoms with E-state index in [0.29, 0.717) is 16.7 Å². The van der Waals surface area contributed by atoms with Gasteiger partial charge in [0.1, 0.15) is 11.6 Å². The summed E-state index contributed by atoms with van der Waals surface area (Å²) in [6.45, 7) is 0.114. The van der Waals surface area contributed by atoms with E-state index in [9.17, 15) is 22.4 Å². The monoisotopic (exact) mass is 438 g/mol. The molecule has 156 valence electrons. The molecule has 5 nitrogen and oxygen atoms in total. The Labute approximate surface area is 173 Å². The molecular formula is C20H15ClF4N4O. The molecule has 0 radical (unpaired) electrons. The van der Waals surface area contributed by atoms with Gasteiger partial charge in [-0.15, -0.1) is 0 Å². The van der Waals surface area contributed by atoms with Gasteiger partial charge in [0.05, 0.1) is 16.8 Å². The van der Waals surface area contributed by atoms with Crippen LogP contribution in [0.15, 0.2) is 54.7 Å². The number of pyridine rings is 1. The van der Waals surface area contributed by atoms with E-state index in [1.165, 1.54) is 12.1 Å². The Morgan fingerprint density at radius 1 is 1.10 bits per heavy atom. The maximum absolute atomic E-state index is 13.4. The summed E-state index contributed by atoms with van der Waals surface area (Å²) in [5.41, 5.74) is 6.47. The van der Waals surface area contributed by atoms with Gasteiger partial charge in [0, 0.05) is 17.8 Å². The fourth-order valence-electron chi connectivity index (χ4n) is 2.66. The van der Waals surface area contributed by atoms with Crippen molar-refractivity contribution < 1.29 is 22.4 Å². The van der Waals surface area contributed by atoms with Crippen LogP contribution in [-0.2, 0) is 12.7 Å². The number of rotatable bonds is 4. The molecular weight excluding hydrogens is 424 g/mol. The molecule has 0 fully saturated rings. The van der Waals surface area contributed by atoms with Gasteiger partial charge in [-0.3, -0.25) is 0 Å². The smallest absolute Gasteiger partial charge is 0.383 e. The molecule has 0 saturated heterocycles. The number of hydrogen-bond donors (Lipinski definition) is 3.